The fourth-order valence-electron chi connectivity index (χ4n) is 2.84. The molecule has 1 aromatic rings. The average Bonchev–Trinajstić information content (AvgIpc) is 2.34. The minimum Gasteiger partial charge on any atom is -0.382 e. The first-order valence-corrected chi connectivity index (χ1v) is 6.68. The van der Waals surface area contributed by atoms with Crippen molar-refractivity contribution in [1.29, 1.82) is 0 Å². The lowest BCUT2D eigenvalue weighted by Crippen LogP contribution is -2.33. The number of anilines is 1. The lowest BCUT2D eigenvalue weighted by atomic mass is 9.80. The third kappa shape index (κ3) is 3.22. The minimum absolute atomic E-state index is 0.307. The van der Waals surface area contributed by atoms with Crippen LogP contribution in [0.25, 0.3) is 0 Å². The van der Waals surface area contributed by atoms with Gasteiger partial charge in [-0.15, -0.1) is 0 Å². The number of nitro benzene ring substituents is 1. The van der Waals surface area contributed by atoms with E-state index in [9.17, 15) is 14.5 Å². The summed E-state index contributed by atoms with van der Waals surface area (Å²) in [5.74, 6) is 0.462. The summed E-state index contributed by atoms with van der Waals surface area (Å²) in [5, 5.41) is 14.0. The summed E-state index contributed by atoms with van der Waals surface area (Å²) in [5.41, 5.74) is 0.154. The Bertz CT molecular complexity index is 479. The summed E-state index contributed by atoms with van der Waals surface area (Å²) in [6.07, 6.45) is 3.36. The van der Waals surface area contributed by atoms with Crippen LogP contribution in [0.1, 0.15) is 33.1 Å². The molecule has 4 nitrogen and oxygen atoms in total. The normalized spacial score (nSPS) is 27.0. The van der Waals surface area contributed by atoms with Crippen molar-refractivity contribution in [3.05, 3.63) is 34.1 Å². The molecule has 19 heavy (non-hydrogen) atoms. The quantitative estimate of drug-likeness (QED) is 0.665. The van der Waals surface area contributed by atoms with Gasteiger partial charge in [-0.3, -0.25) is 10.1 Å². The van der Waals surface area contributed by atoms with Gasteiger partial charge in [0.05, 0.1) is 4.92 Å². The van der Waals surface area contributed by atoms with Crippen LogP contribution < -0.4 is 5.32 Å². The number of hydrogen-bond acceptors (Lipinski definition) is 3. The summed E-state index contributed by atoms with van der Waals surface area (Å²) in [6.45, 7) is 4.43. The van der Waals surface area contributed by atoms with E-state index in [4.69, 9.17) is 0 Å². The number of benzene rings is 1. The van der Waals surface area contributed by atoms with Crippen molar-refractivity contribution in [2.45, 2.75) is 39.2 Å². The highest BCUT2D eigenvalue weighted by Crippen LogP contribution is 2.31. The molecule has 1 fully saturated rings. The maximum absolute atomic E-state index is 13.3. The smallest absolute Gasteiger partial charge is 0.306 e. The van der Waals surface area contributed by atoms with Gasteiger partial charge in [0.1, 0.15) is 0 Å². The summed E-state index contributed by atoms with van der Waals surface area (Å²) >= 11 is 0. The van der Waals surface area contributed by atoms with E-state index < -0.39 is 16.4 Å². The summed E-state index contributed by atoms with van der Waals surface area (Å²) in [4.78, 5) is 10.0. The van der Waals surface area contributed by atoms with E-state index in [1.54, 1.807) is 6.07 Å². The van der Waals surface area contributed by atoms with E-state index in [1.807, 2.05) is 0 Å². The molecule has 104 valence electrons. The highest BCUT2D eigenvalue weighted by molar-refractivity contribution is 5.52. The molecule has 0 aromatic heterocycles. The van der Waals surface area contributed by atoms with E-state index >= 15 is 0 Å². The van der Waals surface area contributed by atoms with Crippen LogP contribution >= 0.6 is 0 Å². The fraction of sp³-hybridized carbons (Fsp3) is 0.571. The molecule has 1 aliphatic carbocycles. The van der Waals surface area contributed by atoms with Crippen LogP contribution in [0.2, 0.25) is 0 Å². The monoisotopic (exact) mass is 266 g/mol. The Morgan fingerprint density at radius 2 is 2.11 bits per heavy atom. The second kappa shape index (κ2) is 5.55. The molecule has 0 amide bonds. The summed E-state index contributed by atoms with van der Waals surface area (Å²) in [7, 11) is 0. The minimum atomic E-state index is -0.791. The first kappa shape index (κ1) is 13.8. The van der Waals surface area contributed by atoms with Crippen LogP contribution in [0.15, 0.2) is 18.2 Å². The molecule has 0 radical (unpaired) electrons. The molecule has 1 aliphatic rings. The number of hydrogen-bond donors (Lipinski definition) is 1. The summed E-state index contributed by atoms with van der Waals surface area (Å²) < 4.78 is 13.3. The van der Waals surface area contributed by atoms with Gasteiger partial charge in [0.2, 0.25) is 5.82 Å². The predicted octanol–water partition coefficient (Wildman–Crippen LogP) is 3.97. The Hall–Kier alpha value is -1.65. The van der Waals surface area contributed by atoms with Gasteiger partial charge in [0.15, 0.2) is 0 Å². The lowest BCUT2D eigenvalue weighted by Gasteiger charge is -2.33. The predicted molar refractivity (Wildman–Crippen MR) is 72.6 cm³/mol. The van der Waals surface area contributed by atoms with Crippen molar-refractivity contribution in [1.82, 2.24) is 0 Å². The molecule has 0 spiro atoms. The molecule has 0 aliphatic heterocycles. The van der Waals surface area contributed by atoms with Crippen LogP contribution in [-0.4, -0.2) is 11.0 Å². The van der Waals surface area contributed by atoms with Gasteiger partial charge in [0.25, 0.3) is 0 Å². The van der Waals surface area contributed by atoms with Crippen LogP contribution in [0.5, 0.6) is 0 Å². The van der Waals surface area contributed by atoms with E-state index in [0.29, 0.717) is 17.6 Å². The Morgan fingerprint density at radius 3 is 2.74 bits per heavy atom. The van der Waals surface area contributed by atoms with Crippen molar-refractivity contribution in [2.75, 3.05) is 5.32 Å². The molecular weight excluding hydrogens is 247 g/mol. The largest absolute Gasteiger partial charge is 0.382 e. The van der Waals surface area contributed by atoms with Crippen molar-refractivity contribution >= 4 is 11.4 Å². The van der Waals surface area contributed by atoms with Gasteiger partial charge in [-0.25, -0.2) is 0 Å². The zero-order chi connectivity index (χ0) is 14.0. The second-order valence-corrected chi connectivity index (χ2v) is 5.57. The molecule has 0 bridgehead atoms. The van der Waals surface area contributed by atoms with Crippen LogP contribution in [0.3, 0.4) is 0 Å². The van der Waals surface area contributed by atoms with Gasteiger partial charge in [0, 0.05) is 17.8 Å². The maximum atomic E-state index is 13.3. The highest BCUT2D eigenvalue weighted by Gasteiger charge is 2.25. The van der Waals surface area contributed by atoms with Crippen LogP contribution in [0, 0.1) is 27.8 Å². The van der Waals surface area contributed by atoms with E-state index in [2.05, 4.69) is 19.2 Å². The van der Waals surface area contributed by atoms with Crippen LogP contribution in [-0.2, 0) is 0 Å². The van der Waals surface area contributed by atoms with E-state index in [0.717, 1.165) is 31.2 Å². The highest BCUT2D eigenvalue weighted by atomic mass is 19.1. The van der Waals surface area contributed by atoms with Gasteiger partial charge in [-0.05, 0) is 43.2 Å². The van der Waals surface area contributed by atoms with Gasteiger partial charge >= 0.3 is 5.69 Å². The molecule has 2 rings (SSSR count). The first-order chi connectivity index (χ1) is 8.97. The zero-order valence-electron chi connectivity index (χ0n) is 11.2. The molecular formula is C14H19FN2O2. The van der Waals surface area contributed by atoms with Crippen molar-refractivity contribution in [3.63, 3.8) is 0 Å². The summed E-state index contributed by atoms with van der Waals surface area (Å²) in [6, 6.07) is 4.30. The number of nitro groups is 1. The second-order valence-electron chi connectivity index (χ2n) is 5.57. The third-order valence-corrected chi connectivity index (χ3v) is 3.93. The number of rotatable bonds is 3. The number of halogens is 1. The van der Waals surface area contributed by atoms with Gasteiger partial charge < -0.3 is 5.32 Å². The molecule has 5 heteroatoms. The van der Waals surface area contributed by atoms with Gasteiger partial charge in [-0.1, -0.05) is 13.8 Å². The SMILES string of the molecule is CC1CCC(Nc2ccc(F)c([N+](=O)[O-])c2)C(C)C1. The van der Waals surface area contributed by atoms with Crippen molar-refractivity contribution < 1.29 is 9.31 Å². The Labute approximate surface area is 112 Å². The Morgan fingerprint density at radius 1 is 1.37 bits per heavy atom. The Kier molecular flexibility index (Phi) is 4.02. The fourth-order valence-corrected chi connectivity index (χ4v) is 2.84. The molecule has 0 heterocycles. The molecule has 3 unspecified atom stereocenters. The number of nitrogens with zero attached hydrogens (tertiary/aromatic N) is 1. The molecule has 3 atom stereocenters. The molecule has 1 aromatic carbocycles. The third-order valence-electron chi connectivity index (χ3n) is 3.93. The van der Waals surface area contributed by atoms with E-state index in [1.165, 1.54) is 6.07 Å². The topological polar surface area (TPSA) is 55.2 Å². The first-order valence-electron chi connectivity index (χ1n) is 6.68. The lowest BCUT2D eigenvalue weighted by molar-refractivity contribution is -0.387. The molecule has 0 saturated heterocycles. The van der Waals surface area contributed by atoms with Crippen LogP contribution in [0.4, 0.5) is 15.8 Å². The molecule has 1 N–H and O–H groups in total. The standard InChI is InChI=1S/C14H19FN2O2/c1-9-3-6-13(10(2)7-9)16-11-4-5-12(15)14(8-11)17(18)19/h4-5,8-10,13,16H,3,6-7H2,1-2H3. The van der Waals surface area contributed by atoms with Crippen molar-refractivity contribution in [3.8, 4) is 0 Å². The zero-order valence-corrected chi connectivity index (χ0v) is 11.2. The Balaban J connectivity index is 2.11. The molecule has 1 saturated carbocycles. The van der Waals surface area contributed by atoms with Gasteiger partial charge in [-0.2, -0.15) is 4.39 Å². The average molecular weight is 266 g/mol. The van der Waals surface area contributed by atoms with Crippen molar-refractivity contribution in [2.24, 2.45) is 11.8 Å². The maximum Gasteiger partial charge on any atom is 0.306 e. The number of nitrogens with one attached hydrogen (secondary N) is 1. The van der Waals surface area contributed by atoms with E-state index in [-0.39, 0.29) is 0 Å².